The number of rotatable bonds is 3. The number of nitrogens with one attached hydrogen (secondary N) is 2. The van der Waals surface area contributed by atoms with Crippen LogP contribution >= 0.6 is 0 Å². The van der Waals surface area contributed by atoms with Crippen molar-refractivity contribution in [3.05, 3.63) is 41.6 Å². The monoisotopic (exact) mass is 279 g/mol. The van der Waals surface area contributed by atoms with Gasteiger partial charge in [-0.1, -0.05) is 6.07 Å². The maximum absolute atomic E-state index is 8.98. The molecular formula is C15H13N5O. The fourth-order valence-corrected chi connectivity index (χ4v) is 2.12. The largest absolute Gasteiger partial charge is 0.480 e. The van der Waals surface area contributed by atoms with Gasteiger partial charge in [0.05, 0.1) is 18.7 Å². The highest BCUT2D eigenvalue weighted by molar-refractivity contribution is 5.90. The second-order valence-electron chi connectivity index (χ2n) is 4.63. The molecule has 3 rings (SSSR count). The molecule has 2 aromatic heterocycles. The van der Waals surface area contributed by atoms with Gasteiger partial charge in [-0.15, -0.1) is 0 Å². The molecule has 6 nitrogen and oxygen atoms in total. The van der Waals surface area contributed by atoms with E-state index in [9.17, 15) is 0 Å². The van der Waals surface area contributed by atoms with Crippen molar-refractivity contribution in [1.29, 1.82) is 5.26 Å². The van der Waals surface area contributed by atoms with E-state index < -0.39 is 0 Å². The van der Waals surface area contributed by atoms with Gasteiger partial charge in [0.25, 0.3) is 0 Å². The summed E-state index contributed by atoms with van der Waals surface area (Å²) in [5.74, 6) is 1.80. The van der Waals surface area contributed by atoms with Crippen LogP contribution in [0.5, 0.6) is 5.88 Å². The van der Waals surface area contributed by atoms with Gasteiger partial charge in [-0.05, 0) is 30.5 Å². The van der Waals surface area contributed by atoms with E-state index in [2.05, 4.69) is 26.6 Å². The van der Waals surface area contributed by atoms with Crippen LogP contribution in [0.2, 0.25) is 0 Å². The molecule has 6 heteroatoms. The van der Waals surface area contributed by atoms with Gasteiger partial charge in [-0.25, -0.2) is 0 Å². The molecular weight excluding hydrogens is 266 g/mol. The SMILES string of the molecule is COc1nc(Nc2cc(C)[nH]n2)cc2ccc(C#N)cc12. The predicted molar refractivity (Wildman–Crippen MR) is 79.6 cm³/mol. The lowest BCUT2D eigenvalue weighted by Gasteiger charge is -2.09. The van der Waals surface area contributed by atoms with E-state index in [0.717, 1.165) is 16.5 Å². The summed E-state index contributed by atoms with van der Waals surface area (Å²) < 4.78 is 5.32. The zero-order valence-electron chi connectivity index (χ0n) is 11.6. The fourth-order valence-electron chi connectivity index (χ4n) is 2.12. The van der Waals surface area contributed by atoms with E-state index in [1.165, 1.54) is 0 Å². The number of H-pyrrole nitrogens is 1. The molecule has 0 aliphatic heterocycles. The van der Waals surface area contributed by atoms with Gasteiger partial charge in [-0.3, -0.25) is 5.10 Å². The molecule has 21 heavy (non-hydrogen) atoms. The van der Waals surface area contributed by atoms with Crippen LogP contribution in [0.4, 0.5) is 11.6 Å². The first kappa shape index (κ1) is 12.9. The van der Waals surface area contributed by atoms with E-state index in [0.29, 0.717) is 23.1 Å². The normalized spacial score (nSPS) is 10.3. The molecule has 3 aromatic rings. The van der Waals surface area contributed by atoms with Crippen molar-refractivity contribution in [3.8, 4) is 11.9 Å². The molecule has 0 unspecified atom stereocenters. The lowest BCUT2D eigenvalue weighted by atomic mass is 10.1. The summed E-state index contributed by atoms with van der Waals surface area (Å²) in [6.45, 7) is 1.93. The molecule has 0 spiro atoms. The third kappa shape index (κ3) is 2.49. The highest BCUT2D eigenvalue weighted by Crippen LogP contribution is 2.28. The Morgan fingerprint density at radius 2 is 2.10 bits per heavy atom. The van der Waals surface area contributed by atoms with Crippen molar-refractivity contribution in [2.75, 3.05) is 12.4 Å². The lowest BCUT2D eigenvalue weighted by molar-refractivity contribution is 0.404. The summed E-state index contributed by atoms with van der Waals surface area (Å²) in [5.41, 5.74) is 1.54. The fraction of sp³-hybridized carbons (Fsp3) is 0.133. The van der Waals surface area contributed by atoms with Crippen LogP contribution in [0.15, 0.2) is 30.3 Å². The number of aromatic amines is 1. The zero-order chi connectivity index (χ0) is 14.8. The Hall–Kier alpha value is -3.07. The van der Waals surface area contributed by atoms with E-state index in [1.54, 1.807) is 19.2 Å². The van der Waals surface area contributed by atoms with Gasteiger partial charge in [0.15, 0.2) is 5.82 Å². The van der Waals surface area contributed by atoms with Crippen LogP contribution in [-0.4, -0.2) is 22.3 Å². The van der Waals surface area contributed by atoms with Crippen LogP contribution in [-0.2, 0) is 0 Å². The van der Waals surface area contributed by atoms with Crippen molar-refractivity contribution >= 4 is 22.4 Å². The molecule has 0 atom stereocenters. The van der Waals surface area contributed by atoms with Crippen molar-refractivity contribution < 1.29 is 4.74 Å². The maximum Gasteiger partial charge on any atom is 0.223 e. The van der Waals surface area contributed by atoms with Crippen LogP contribution in [0, 0.1) is 18.3 Å². The number of aromatic nitrogens is 3. The summed E-state index contributed by atoms with van der Waals surface area (Å²) in [4.78, 5) is 4.40. The van der Waals surface area contributed by atoms with Crippen LogP contribution in [0.25, 0.3) is 10.8 Å². The Bertz CT molecular complexity index is 847. The summed E-state index contributed by atoms with van der Waals surface area (Å²) in [6, 6.07) is 11.3. The third-order valence-electron chi connectivity index (χ3n) is 3.08. The van der Waals surface area contributed by atoms with Crippen LogP contribution in [0.1, 0.15) is 11.3 Å². The zero-order valence-corrected chi connectivity index (χ0v) is 11.6. The van der Waals surface area contributed by atoms with E-state index in [-0.39, 0.29) is 0 Å². The lowest BCUT2D eigenvalue weighted by Crippen LogP contribution is -1.97. The maximum atomic E-state index is 8.98. The highest BCUT2D eigenvalue weighted by atomic mass is 16.5. The van der Waals surface area contributed by atoms with Gasteiger partial charge in [0.1, 0.15) is 5.82 Å². The first-order chi connectivity index (χ1) is 10.2. The molecule has 0 radical (unpaired) electrons. The molecule has 0 amide bonds. The standard InChI is InChI=1S/C15H13N5O/c1-9-5-14(20-19-9)17-13-7-11-4-3-10(8-16)6-12(11)15(18-13)21-2/h3-7H,1-2H3,(H2,17,18,19,20). The molecule has 0 fully saturated rings. The van der Waals surface area contributed by atoms with E-state index >= 15 is 0 Å². The van der Waals surface area contributed by atoms with Gasteiger partial charge in [-0.2, -0.15) is 15.3 Å². The number of hydrogen-bond acceptors (Lipinski definition) is 5. The van der Waals surface area contributed by atoms with Crippen molar-refractivity contribution in [1.82, 2.24) is 15.2 Å². The van der Waals surface area contributed by atoms with Crippen molar-refractivity contribution in [3.63, 3.8) is 0 Å². The number of fused-ring (bicyclic) bond motifs is 1. The minimum absolute atomic E-state index is 0.472. The number of aryl methyl sites for hydroxylation is 1. The summed E-state index contributed by atoms with van der Waals surface area (Å²) in [7, 11) is 1.56. The van der Waals surface area contributed by atoms with Gasteiger partial charge < -0.3 is 10.1 Å². The quantitative estimate of drug-likeness (QED) is 0.769. The average Bonchev–Trinajstić information content (AvgIpc) is 2.91. The minimum atomic E-state index is 0.472. The first-order valence-corrected chi connectivity index (χ1v) is 6.37. The van der Waals surface area contributed by atoms with Crippen molar-refractivity contribution in [2.45, 2.75) is 6.92 Å². The molecule has 0 aliphatic carbocycles. The Morgan fingerprint density at radius 1 is 1.24 bits per heavy atom. The second-order valence-corrected chi connectivity index (χ2v) is 4.63. The van der Waals surface area contributed by atoms with E-state index in [1.807, 2.05) is 25.1 Å². The predicted octanol–water partition coefficient (Wildman–Crippen LogP) is 2.89. The summed E-state index contributed by atoms with van der Waals surface area (Å²) >= 11 is 0. The highest BCUT2D eigenvalue weighted by Gasteiger charge is 2.08. The Balaban J connectivity index is 2.07. The number of ether oxygens (including phenoxy) is 1. The third-order valence-corrected chi connectivity index (χ3v) is 3.08. The van der Waals surface area contributed by atoms with Gasteiger partial charge in [0, 0.05) is 17.1 Å². The number of anilines is 2. The summed E-state index contributed by atoms with van der Waals surface area (Å²) in [6.07, 6.45) is 0. The topological polar surface area (TPSA) is 86.6 Å². The molecule has 0 saturated heterocycles. The Labute approximate surface area is 121 Å². The number of nitrogens with zero attached hydrogens (tertiary/aromatic N) is 3. The summed E-state index contributed by atoms with van der Waals surface area (Å²) in [5, 5.41) is 20.8. The number of benzene rings is 1. The molecule has 104 valence electrons. The number of pyridine rings is 1. The minimum Gasteiger partial charge on any atom is -0.480 e. The molecule has 2 heterocycles. The Morgan fingerprint density at radius 3 is 2.76 bits per heavy atom. The molecule has 0 saturated carbocycles. The van der Waals surface area contributed by atoms with Crippen LogP contribution in [0.3, 0.4) is 0 Å². The molecule has 2 N–H and O–H groups in total. The Kier molecular flexibility index (Phi) is 3.16. The van der Waals surface area contributed by atoms with E-state index in [4.69, 9.17) is 10.00 Å². The van der Waals surface area contributed by atoms with Crippen molar-refractivity contribution in [2.24, 2.45) is 0 Å². The van der Waals surface area contributed by atoms with Crippen LogP contribution < -0.4 is 10.1 Å². The average molecular weight is 279 g/mol. The number of hydrogen-bond donors (Lipinski definition) is 2. The smallest absolute Gasteiger partial charge is 0.223 e. The molecule has 1 aromatic carbocycles. The van der Waals surface area contributed by atoms with Gasteiger partial charge in [0.2, 0.25) is 5.88 Å². The number of methoxy groups -OCH3 is 1. The second kappa shape index (κ2) is 5.13. The van der Waals surface area contributed by atoms with Gasteiger partial charge >= 0.3 is 0 Å². The molecule has 0 bridgehead atoms. The number of nitriles is 1. The molecule has 0 aliphatic rings. The first-order valence-electron chi connectivity index (χ1n) is 6.37.